The van der Waals surface area contributed by atoms with Crippen molar-refractivity contribution in [3.05, 3.63) is 114 Å². The second-order valence-electron chi connectivity index (χ2n) is 11.6. The number of carbonyl (C=O) groups excluding carboxylic acids is 1. The van der Waals surface area contributed by atoms with Crippen LogP contribution in [0.25, 0.3) is 22.3 Å². The highest BCUT2D eigenvalue weighted by atomic mass is 19.4. The summed E-state index contributed by atoms with van der Waals surface area (Å²) in [5, 5.41) is 2.22. The standard InChI is InChI=1S/C36H35F4N3O/c37-28-16-14-26(15-17-28)27-8-7-9-29(24-27)43-22-20-42(21-23-43)19-6-5-18-35(34(44)41-25-36(38,39)40)32-12-3-1-10-30(32)31-11-2-4-13-33(31)35/h1-4,7-17,24H,5-6,18-23,25H2,(H,41,44). The number of piperazine rings is 1. The first-order valence-corrected chi connectivity index (χ1v) is 15.1. The van der Waals surface area contributed by atoms with Crippen molar-refractivity contribution in [2.45, 2.75) is 30.9 Å². The average molecular weight is 602 g/mol. The van der Waals surface area contributed by atoms with Gasteiger partial charge >= 0.3 is 6.18 Å². The molecule has 1 amide bonds. The molecule has 4 nitrogen and oxygen atoms in total. The van der Waals surface area contributed by atoms with E-state index < -0.39 is 24.0 Å². The molecule has 1 saturated heterocycles. The molecule has 1 fully saturated rings. The van der Waals surface area contributed by atoms with Gasteiger partial charge in [-0.25, -0.2) is 4.39 Å². The highest BCUT2D eigenvalue weighted by molar-refractivity contribution is 6.00. The summed E-state index contributed by atoms with van der Waals surface area (Å²) in [4.78, 5) is 18.5. The molecule has 6 rings (SSSR count). The van der Waals surface area contributed by atoms with Gasteiger partial charge in [0.05, 0.1) is 0 Å². The van der Waals surface area contributed by atoms with Gasteiger partial charge in [0, 0.05) is 31.9 Å². The Morgan fingerprint density at radius 3 is 2.02 bits per heavy atom. The van der Waals surface area contributed by atoms with Crippen molar-refractivity contribution in [3.63, 3.8) is 0 Å². The van der Waals surface area contributed by atoms with Gasteiger partial charge in [-0.15, -0.1) is 0 Å². The minimum atomic E-state index is -4.49. The largest absolute Gasteiger partial charge is 0.405 e. The number of hydrogen-bond acceptors (Lipinski definition) is 3. The molecule has 2 aliphatic rings. The molecule has 0 radical (unpaired) electrons. The Morgan fingerprint density at radius 1 is 0.750 bits per heavy atom. The molecule has 0 bridgehead atoms. The molecule has 1 aliphatic heterocycles. The first kappa shape index (κ1) is 29.9. The van der Waals surface area contributed by atoms with Gasteiger partial charge in [0.2, 0.25) is 5.91 Å². The normalized spacial score (nSPS) is 16.0. The summed E-state index contributed by atoms with van der Waals surface area (Å²) in [5.41, 5.74) is 5.37. The van der Waals surface area contributed by atoms with E-state index in [1.54, 1.807) is 12.1 Å². The molecular formula is C36H35F4N3O. The maximum atomic E-state index is 13.7. The van der Waals surface area contributed by atoms with Crippen LogP contribution in [0.5, 0.6) is 0 Å². The fourth-order valence-electron chi connectivity index (χ4n) is 6.76. The summed E-state index contributed by atoms with van der Waals surface area (Å²) >= 11 is 0. The zero-order valence-corrected chi connectivity index (χ0v) is 24.4. The molecule has 0 aromatic heterocycles. The molecule has 0 unspecified atom stereocenters. The summed E-state index contributed by atoms with van der Waals surface area (Å²) in [5.74, 6) is -0.845. The number of alkyl halides is 3. The number of nitrogens with zero attached hydrogens (tertiary/aromatic N) is 2. The predicted octanol–water partition coefficient (Wildman–Crippen LogP) is 7.43. The molecule has 1 aliphatic carbocycles. The van der Waals surface area contributed by atoms with E-state index in [1.807, 2.05) is 60.7 Å². The van der Waals surface area contributed by atoms with E-state index in [0.29, 0.717) is 12.8 Å². The SMILES string of the molecule is O=C(NCC(F)(F)F)C1(CCCCN2CCN(c3cccc(-c4ccc(F)cc4)c3)CC2)c2ccccc2-c2ccccc21. The smallest absolute Gasteiger partial charge is 0.369 e. The van der Waals surface area contributed by atoms with Crippen LogP contribution in [0.2, 0.25) is 0 Å². The molecule has 0 saturated carbocycles. The Hall–Kier alpha value is -4.17. The lowest BCUT2D eigenvalue weighted by Gasteiger charge is -2.36. The fraction of sp³-hybridized carbons (Fsp3) is 0.306. The quantitative estimate of drug-likeness (QED) is 0.160. The number of amides is 1. The first-order valence-electron chi connectivity index (χ1n) is 15.1. The van der Waals surface area contributed by atoms with Gasteiger partial charge in [0.15, 0.2) is 0 Å². The van der Waals surface area contributed by atoms with Gasteiger partial charge < -0.3 is 10.2 Å². The number of nitrogens with one attached hydrogen (secondary N) is 1. The van der Waals surface area contributed by atoms with Gasteiger partial charge in [-0.2, -0.15) is 13.2 Å². The molecule has 4 aromatic carbocycles. The zero-order chi connectivity index (χ0) is 30.7. The summed E-state index contributed by atoms with van der Waals surface area (Å²) in [6.07, 6.45) is -2.53. The number of hydrogen-bond donors (Lipinski definition) is 1. The lowest BCUT2D eigenvalue weighted by molar-refractivity contribution is -0.141. The molecule has 1 heterocycles. The maximum absolute atomic E-state index is 13.7. The third kappa shape index (κ3) is 6.09. The summed E-state index contributed by atoms with van der Waals surface area (Å²) in [6, 6.07) is 30.0. The highest BCUT2D eigenvalue weighted by Crippen LogP contribution is 2.51. The van der Waals surface area contributed by atoms with Crippen LogP contribution in [0.1, 0.15) is 30.4 Å². The van der Waals surface area contributed by atoms with Crippen LogP contribution in [0.3, 0.4) is 0 Å². The van der Waals surface area contributed by atoms with E-state index in [4.69, 9.17) is 0 Å². The van der Waals surface area contributed by atoms with Crippen LogP contribution in [0, 0.1) is 5.82 Å². The monoisotopic (exact) mass is 601 g/mol. The lowest BCUT2D eigenvalue weighted by atomic mass is 9.73. The van der Waals surface area contributed by atoms with E-state index in [1.165, 1.54) is 12.1 Å². The van der Waals surface area contributed by atoms with Crippen molar-refractivity contribution in [2.24, 2.45) is 0 Å². The Kier molecular flexibility index (Phi) is 8.45. The Morgan fingerprint density at radius 2 is 1.39 bits per heavy atom. The lowest BCUT2D eigenvalue weighted by Crippen LogP contribution is -2.47. The van der Waals surface area contributed by atoms with Crippen LogP contribution in [0.15, 0.2) is 97.1 Å². The molecule has 4 aromatic rings. The summed E-state index contributed by atoms with van der Waals surface area (Å²) < 4.78 is 52.8. The summed E-state index contributed by atoms with van der Waals surface area (Å²) in [7, 11) is 0. The van der Waals surface area contributed by atoms with E-state index in [-0.39, 0.29) is 5.82 Å². The number of fused-ring (bicyclic) bond motifs is 3. The second-order valence-corrected chi connectivity index (χ2v) is 11.6. The molecule has 44 heavy (non-hydrogen) atoms. The van der Waals surface area contributed by atoms with Gasteiger partial charge in [0.25, 0.3) is 0 Å². The van der Waals surface area contributed by atoms with Gasteiger partial charge in [0.1, 0.15) is 17.8 Å². The minimum Gasteiger partial charge on any atom is -0.369 e. The number of anilines is 1. The Bertz CT molecular complexity index is 1560. The second kappa shape index (κ2) is 12.4. The maximum Gasteiger partial charge on any atom is 0.405 e. The van der Waals surface area contributed by atoms with Crippen molar-refractivity contribution in [2.75, 3.05) is 44.2 Å². The molecule has 0 spiro atoms. The van der Waals surface area contributed by atoms with Gasteiger partial charge in [-0.1, -0.05) is 79.2 Å². The van der Waals surface area contributed by atoms with Gasteiger partial charge in [-0.05, 0) is 77.0 Å². The molecule has 228 valence electrons. The van der Waals surface area contributed by atoms with Crippen LogP contribution in [0.4, 0.5) is 23.2 Å². The average Bonchev–Trinajstić information content (AvgIpc) is 3.33. The van der Waals surface area contributed by atoms with Crippen molar-refractivity contribution >= 4 is 11.6 Å². The van der Waals surface area contributed by atoms with Crippen LogP contribution in [-0.2, 0) is 10.2 Å². The van der Waals surface area contributed by atoms with Crippen molar-refractivity contribution in [1.29, 1.82) is 0 Å². The van der Waals surface area contributed by atoms with Crippen LogP contribution < -0.4 is 10.2 Å². The van der Waals surface area contributed by atoms with Crippen LogP contribution >= 0.6 is 0 Å². The highest BCUT2D eigenvalue weighted by Gasteiger charge is 2.49. The number of unbranched alkanes of at least 4 members (excludes halogenated alkanes) is 1. The number of carbonyl (C=O) groups is 1. The predicted molar refractivity (Wildman–Crippen MR) is 166 cm³/mol. The third-order valence-electron chi connectivity index (χ3n) is 8.94. The fourth-order valence-corrected chi connectivity index (χ4v) is 6.76. The van der Waals surface area contributed by atoms with E-state index >= 15 is 0 Å². The number of rotatable bonds is 9. The first-order chi connectivity index (χ1) is 21.2. The summed E-state index contributed by atoms with van der Waals surface area (Å²) in [6.45, 7) is 3.03. The Balaban J connectivity index is 1.09. The van der Waals surface area contributed by atoms with Crippen molar-refractivity contribution in [1.82, 2.24) is 10.2 Å². The Labute approximate surface area is 255 Å². The van der Waals surface area contributed by atoms with E-state index in [2.05, 4.69) is 27.2 Å². The number of benzene rings is 4. The molecule has 0 atom stereocenters. The van der Waals surface area contributed by atoms with Crippen LogP contribution in [-0.4, -0.2) is 56.3 Å². The van der Waals surface area contributed by atoms with Crippen molar-refractivity contribution in [3.8, 4) is 22.3 Å². The third-order valence-corrected chi connectivity index (χ3v) is 8.94. The van der Waals surface area contributed by atoms with Gasteiger partial charge in [-0.3, -0.25) is 9.69 Å². The van der Waals surface area contributed by atoms with E-state index in [0.717, 1.165) is 78.2 Å². The molecule has 8 heteroatoms. The zero-order valence-electron chi connectivity index (χ0n) is 24.4. The number of halogens is 4. The van der Waals surface area contributed by atoms with E-state index in [9.17, 15) is 22.4 Å². The minimum absolute atomic E-state index is 0.251. The molecular weight excluding hydrogens is 566 g/mol. The van der Waals surface area contributed by atoms with Crippen molar-refractivity contribution < 1.29 is 22.4 Å². The molecule has 1 N–H and O–H groups in total. The topological polar surface area (TPSA) is 35.6 Å².